The molecule has 0 aliphatic heterocycles. The molecule has 0 bridgehead atoms. The van der Waals surface area contributed by atoms with Gasteiger partial charge in [-0.15, -0.1) is 6.42 Å². The molecule has 0 spiro atoms. The summed E-state index contributed by atoms with van der Waals surface area (Å²) in [7, 11) is -3.74. The summed E-state index contributed by atoms with van der Waals surface area (Å²) in [5, 5.41) is 9.82. The fraction of sp³-hybridized carbons (Fsp3) is 0.500. The van der Waals surface area contributed by atoms with E-state index >= 15 is 0 Å². The molecule has 0 fully saturated rings. The first kappa shape index (κ1) is 17.7. The number of hydrogen-bond acceptors (Lipinski definition) is 3. The van der Waals surface area contributed by atoms with Crippen molar-refractivity contribution in [2.45, 2.75) is 51.7 Å². The lowest BCUT2D eigenvalue weighted by atomic mass is 10.0. The summed E-state index contributed by atoms with van der Waals surface area (Å²) in [4.78, 5) is 0.253. The number of aliphatic hydroxyl groups excluding tert-OH is 1. The van der Waals surface area contributed by atoms with E-state index in [9.17, 15) is 13.5 Å². The molecule has 0 saturated heterocycles. The zero-order chi connectivity index (χ0) is 16.4. The molecule has 21 heavy (non-hydrogen) atoms. The average Bonchev–Trinajstić information content (AvgIpc) is 2.33. The van der Waals surface area contributed by atoms with Gasteiger partial charge in [-0.25, -0.2) is 13.1 Å². The smallest absolute Gasteiger partial charge is 0.241 e. The van der Waals surface area contributed by atoms with Crippen molar-refractivity contribution >= 4 is 10.0 Å². The fourth-order valence-corrected chi connectivity index (χ4v) is 4.34. The Morgan fingerprint density at radius 3 is 2.05 bits per heavy atom. The third-order valence-electron chi connectivity index (χ3n) is 3.39. The van der Waals surface area contributed by atoms with E-state index in [-0.39, 0.29) is 10.8 Å². The lowest BCUT2D eigenvalue weighted by molar-refractivity contribution is 0.167. The van der Waals surface area contributed by atoms with Gasteiger partial charge in [-0.05, 0) is 37.8 Å². The predicted molar refractivity (Wildman–Crippen MR) is 84.4 cm³/mol. The molecule has 5 heteroatoms. The minimum absolute atomic E-state index is 0.128. The second kappa shape index (κ2) is 6.61. The van der Waals surface area contributed by atoms with E-state index in [1.54, 1.807) is 13.8 Å². The van der Waals surface area contributed by atoms with E-state index in [1.807, 2.05) is 32.9 Å². The van der Waals surface area contributed by atoms with Gasteiger partial charge >= 0.3 is 0 Å². The first-order valence-electron chi connectivity index (χ1n) is 6.84. The Hall–Kier alpha value is -1.35. The summed E-state index contributed by atoms with van der Waals surface area (Å²) >= 11 is 0. The van der Waals surface area contributed by atoms with Crippen LogP contribution in [0.4, 0.5) is 0 Å². The first-order valence-corrected chi connectivity index (χ1v) is 8.33. The van der Waals surface area contributed by atoms with Crippen LogP contribution in [-0.4, -0.2) is 25.7 Å². The molecule has 0 heterocycles. The Balaban J connectivity index is 3.27. The Kier molecular flexibility index (Phi) is 5.57. The van der Waals surface area contributed by atoms with Crippen molar-refractivity contribution in [3.63, 3.8) is 0 Å². The quantitative estimate of drug-likeness (QED) is 0.817. The number of nitrogens with one attached hydrogen (secondary N) is 1. The maximum Gasteiger partial charge on any atom is 0.241 e. The molecule has 1 rings (SSSR count). The van der Waals surface area contributed by atoms with Gasteiger partial charge < -0.3 is 5.11 Å². The van der Waals surface area contributed by atoms with Crippen molar-refractivity contribution in [1.82, 2.24) is 4.72 Å². The molecular weight excluding hydrogens is 286 g/mol. The number of terminal acetylenes is 1. The molecule has 4 nitrogen and oxygen atoms in total. The highest BCUT2D eigenvalue weighted by Crippen LogP contribution is 2.23. The van der Waals surface area contributed by atoms with Crippen LogP contribution < -0.4 is 4.72 Å². The first-order chi connectivity index (χ1) is 9.60. The van der Waals surface area contributed by atoms with Crippen molar-refractivity contribution in [1.29, 1.82) is 0 Å². The maximum atomic E-state index is 12.6. The molecule has 0 aliphatic carbocycles. The summed E-state index contributed by atoms with van der Waals surface area (Å²) in [5.41, 5.74) is 2.36. The van der Waals surface area contributed by atoms with Crippen molar-refractivity contribution in [3.8, 4) is 12.3 Å². The van der Waals surface area contributed by atoms with E-state index in [1.165, 1.54) is 0 Å². The third kappa shape index (κ3) is 4.07. The average molecular weight is 309 g/mol. The van der Waals surface area contributed by atoms with Gasteiger partial charge in [0.1, 0.15) is 6.10 Å². The van der Waals surface area contributed by atoms with Crippen LogP contribution in [0.5, 0.6) is 0 Å². The number of rotatable bonds is 5. The summed E-state index contributed by atoms with van der Waals surface area (Å²) in [6, 6.07) is 2.92. The van der Waals surface area contributed by atoms with Crippen LogP contribution in [0.15, 0.2) is 17.0 Å². The molecule has 2 N–H and O–H groups in total. The Labute approximate surface area is 127 Å². The maximum absolute atomic E-state index is 12.6. The highest BCUT2D eigenvalue weighted by Gasteiger charge is 2.29. The minimum atomic E-state index is -3.74. The second-order valence-corrected chi connectivity index (χ2v) is 7.38. The molecular formula is C16H23NO3S. The van der Waals surface area contributed by atoms with Gasteiger partial charge in [0.05, 0.1) is 10.9 Å². The van der Waals surface area contributed by atoms with E-state index in [4.69, 9.17) is 6.42 Å². The SMILES string of the molecule is C#C[C@H](O)[C@@H](NS(=O)(=O)c1c(C)cc(C)cc1C)C(C)C. The van der Waals surface area contributed by atoms with Gasteiger partial charge in [-0.2, -0.15) is 0 Å². The van der Waals surface area contributed by atoms with Crippen molar-refractivity contribution in [2.75, 3.05) is 0 Å². The summed E-state index contributed by atoms with van der Waals surface area (Å²) in [5.74, 6) is 2.06. The second-order valence-electron chi connectivity index (χ2n) is 5.73. The lowest BCUT2D eigenvalue weighted by Crippen LogP contribution is -2.46. The summed E-state index contributed by atoms with van der Waals surface area (Å²) in [6.07, 6.45) is 4.05. The molecule has 0 aliphatic rings. The Morgan fingerprint density at radius 2 is 1.67 bits per heavy atom. The van der Waals surface area contributed by atoms with E-state index < -0.39 is 22.2 Å². The summed E-state index contributed by atoms with van der Waals surface area (Å²) < 4.78 is 27.8. The monoisotopic (exact) mass is 309 g/mol. The molecule has 0 saturated carbocycles. The van der Waals surface area contributed by atoms with Crippen LogP contribution in [0.1, 0.15) is 30.5 Å². The van der Waals surface area contributed by atoms with Gasteiger partial charge in [-0.1, -0.05) is 37.5 Å². The Morgan fingerprint density at radius 1 is 1.19 bits per heavy atom. The van der Waals surface area contributed by atoms with Crippen LogP contribution in [0.3, 0.4) is 0 Å². The third-order valence-corrected chi connectivity index (χ3v) is 5.16. The van der Waals surface area contributed by atoms with Gasteiger partial charge in [0.2, 0.25) is 10.0 Å². The zero-order valence-corrected chi connectivity index (χ0v) is 14.0. The largest absolute Gasteiger partial charge is 0.379 e. The van der Waals surface area contributed by atoms with E-state index in [0.717, 1.165) is 5.56 Å². The molecule has 0 aromatic heterocycles. The zero-order valence-electron chi connectivity index (χ0n) is 13.1. The highest BCUT2D eigenvalue weighted by atomic mass is 32.2. The molecule has 1 aromatic rings. The minimum Gasteiger partial charge on any atom is -0.379 e. The number of aryl methyl sites for hydroxylation is 3. The molecule has 0 unspecified atom stereocenters. The van der Waals surface area contributed by atoms with Crippen LogP contribution in [0, 0.1) is 39.0 Å². The van der Waals surface area contributed by atoms with Gasteiger partial charge in [-0.3, -0.25) is 0 Å². The van der Waals surface area contributed by atoms with Crippen molar-refractivity contribution < 1.29 is 13.5 Å². The van der Waals surface area contributed by atoms with Crippen molar-refractivity contribution in [3.05, 3.63) is 28.8 Å². The molecule has 2 atom stereocenters. The van der Waals surface area contributed by atoms with Crippen LogP contribution >= 0.6 is 0 Å². The van der Waals surface area contributed by atoms with Gasteiger partial charge in [0.25, 0.3) is 0 Å². The van der Waals surface area contributed by atoms with Crippen LogP contribution in [0.2, 0.25) is 0 Å². The van der Waals surface area contributed by atoms with Crippen LogP contribution in [0.25, 0.3) is 0 Å². The number of sulfonamides is 1. The topological polar surface area (TPSA) is 66.4 Å². The fourth-order valence-electron chi connectivity index (χ4n) is 2.50. The number of benzene rings is 1. The molecule has 0 amide bonds. The summed E-state index contributed by atoms with van der Waals surface area (Å²) in [6.45, 7) is 9.06. The number of hydrogen-bond donors (Lipinski definition) is 2. The van der Waals surface area contributed by atoms with Gasteiger partial charge in [0.15, 0.2) is 0 Å². The van der Waals surface area contributed by atoms with Gasteiger partial charge in [0, 0.05) is 0 Å². The van der Waals surface area contributed by atoms with Crippen molar-refractivity contribution in [2.24, 2.45) is 5.92 Å². The highest BCUT2D eigenvalue weighted by molar-refractivity contribution is 7.89. The normalized spacial score (nSPS) is 14.8. The Bertz CT molecular complexity index is 634. The standard InChI is InChI=1S/C16H23NO3S/c1-7-14(18)15(10(2)3)17-21(19,20)16-12(5)8-11(4)9-13(16)6/h1,8-10,14-15,17-18H,2-6H3/t14-,15-/m0/s1. The lowest BCUT2D eigenvalue weighted by Gasteiger charge is -2.25. The molecule has 1 aromatic carbocycles. The van der Waals surface area contributed by atoms with E-state index in [2.05, 4.69) is 10.6 Å². The predicted octanol–water partition coefficient (Wildman–Crippen LogP) is 1.91. The van der Waals surface area contributed by atoms with E-state index in [0.29, 0.717) is 11.1 Å². The number of aliphatic hydroxyl groups is 1. The van der Waals surface area contributed by atoms with Crippen LogP contribution in [-0.2, 0) is 10.0 Å². The molecule has 0 radical (unpaired) electrons. The molecule has 116 valence electrons.